The molecule has 8 heteroatoms. The monoisotopic (exact) mass is 441 g/mol. The lowest BCUT2D eigenvalue weighted by Gasteiger charge is -2.21. The van der Waals surface area contributed by atoms with Gasteiger partial charge >= 0.3 is 12.1 Å². The van der Waals surface area contributed by atoms with E-state index >= 15 is 0 Å². The zero-order chi connectivity index (χ0) is 21.8. The maximum atomic E-state index is 12.8. The van der Waals surface area contributed by atoms with Crippen molar-refractivity contribution >= 4 is 21.9 Å². The Morgan fingerprint density at radius 3 is 2.23 bits per heavy atom. The molecule has 5 rings (SSSR count). The summed E-state index contributed by atoms with van der Waals surface area (Å²) in [5, 5.41) is 8.41. The van der Waals surface area contributed by atoms with Gasteiger partial charge in [0.25, 0.3) is 0 Å². The number of hydrogen-bond donors (Lipinski definition) is 1. The Hall–Kier alpha value is -2.87. The van der Waals surface area contributed by atoms with Crippen molar-refractivity contribution in [3.05, 3.63) is 59.7 Å². The summed E-state index contributed by atoms with van der Waals surface area (Å²) >= 11 is 0. The summed E-state index contributed by atoms with van der Waals surface area (Å²) in [4.78, 5) is 25.3. The third kappa shape index (κ3) is 3.39. The number of carbonyl (C=O) groups excluding carboxylic acids is 1. The molecule has 0 radical (unpaired) electrons. The maximum Gasteiger partial charge on any atom is 0.409 e. The smallest absolute Gasteiger partial charge is 0.409 e. The predicted molar refractivity (Wildman–Crippen MR) is 113 cm³/mol. The van der Waals surface area contributed by atoms with Crippen LogP contribution in [0.25, 0.3) is 11.1 Å². The molecule has 31 heavy (non-hydrogen) atoms. The van der Waals surface area contributed by atoms with Gasteiger partial charge in [0, 0.05) is 25.4 Å². The molecule has 3 atom stereocenters. The molecule has 7 nitrogen and oxygen atoms in total. The van der Waals surface area contributed by atoms with Crippen LogP contribution >= 0.6 is 0 Å². The lowest BCUT2D eigenvalue weighted by atomic mass is 9.91. The average molecular weight is 442 g/mol. The largest absolute Gasteiger partial charge is 0.481 e. The van der Waals surface area contributed by atoms with Crippen molar-refractivity contribution < 1.29 is 27.9 Å². The molecule has 1 N–H and O–H groups in total. The zero-order valence-corrected chi connectivity index (χ0v) is 17.6. The van der Waals surface area contributed by atoms with E-state index in [2.05, 4.69) is 12.1 Å². The SMILES string of the molecule is O=C(O)CC1CS(=O)(=O)C2CN(C(=O)OCC3c4ccccc4-c4ccccc43)CC12. The summed E-state index contributed by atoms with van der Waals surface area (Å²) in [6.07, 6.45) is -0.737. The van der Waals surface area contributed by atoms with Gasteiger partial charge in [-0.1, -0.05) is 48.5 Å². The van der Waals surface area contributed by atoms with E-state index in [1.807, 2.05) is 36.4 Å². The van der Waals surface area contributed by atoms with Crippen LogP contribution in [-0.4, -0.2) is 61.2 Å². The minimum Gasteiger partial charge on any atom is -0.481 e. The molecule has 1 amide bonds. The van der Waals surface area contributed by atoms with Gasteiger partial charge in [-0.2, -0.15) is 0 Å². The van der Waals surface area contributed by atoms with Gasteiger partial charge in [-0.25, -0.2) is 13.2 Å². The van der Waals surface area contributed by atoms with E-state index in [1.165, 1.54) is 4.90 Å². The third-order valence-corrected chi connectivity index (χ3v) is 9.17. The van der Waals surface area contributed by atoms with E-state index in [4.69, 9.17) is 9.84 Å². The van der Waals surface area contributed by atoms with E-state index in [0.29, 0.717) is 0 Å². The van der Waals surface area contributed by atoms with E-state index in [9.17, 15) is 18.0 Å². The van der Waals surface area contributed by atoms with E-state index in [-0.39, 0.29) is 43.7 Å². The minimum atomic E-state index is -3.41. The molecule has 3 aliphatic rings. The number of carboxylic acid groups (broad SMARTS) is 1. The molecule has 0 aromatic heterocycles. The van der Waals surface area contributed by atoms with Gasteiger partial charge < -0.3 is 14.7 Å². The van der Waals surface area contributed by atoms with Crippen LogP contribution < -0.4 is 0 Å². The Bertz CT molecular complexity index is 1110. The number of carboxylic acids is 1. The van der Waals surface area contributed by atoms with Crippen LogP contribution in [0, 0.1) is 11.8 Å². The topological polar surface area (TPSA) is 101 Å². The lowest BCUT2D eigenvalue weighted by molar-refractivity contribution is -0.138. The Labute approximate surface area is 180 Å². The Morgan fingerprint density at radius 2 is 1.61 bits per heavy atom. The summed E-state index contributed by atoms with van der Waals surface area (Å²) in [5.41, 5.74) is 4.49. The molecule has 0 bridgehead atoms. The first kappa shape index (κ1) is 20.1. The fourth-order valence-corrected chi connectivity index (χ4v) is 7.90. The summed E-state index contributed by atoms with van der Waals surface area (Å²) in [6, 6.07) is 16.1. The molecule has 1 aliphatic carbocycles. The number of fused-ring (bicyclic) bond motifs is 4. The van der Waals surface area contributed by atoms with Gasteiger partial charge in [0.05, 0.1) is 11.0 Å². The first-order chi connectivity index (χ1) is 14.8. The molecule has 3 unspecified atom stereocenters. The normalized spacial score (nSPS) is 25.7. The molecular weight excluding hydrogens is 418 g/mol. The highest BCUT2D eigenvalue weighted by Crippen LogP contribution is 2.45. The highest BCUT2D eigenvalue weighted by molar-refractivity contribution is 7.92. The Morgan fingerprint density at radius 1 is 1.00 bits per heavy atom. The first-order valence-electron chi connectivity index (χ1n) is 10.4. The lowest BCUT2D eigenvalue weighted by Crippen LogP contribution is -2.34. The molecule has 0 saturated carbocycles. The number of rotatable bonds is 4. The summed E-state index contributed by atoms with van der Waals surface area (Å²) in [7, 11) is -3.41. The molecular formula is C23H23NO6S. The standard InChI is InChI=1S/C23H23NO6S/c25-22(26)9-14-13-31(28,29)21-11-24(10-19(14)21)23(27)30-12-20-17-7-3-1-5-15(17)16-6-2-4-8-18(16)20/h1-8,14,19-21H,9-13H2,(H,25,26). The van der Waals surface area contributed by atoms with Gasteiger partial charge in [0.1, 0.15) is 6.61 Å². The zero-order valence-electron chi connectivity index (χ0n) is 16.8. The fraction of sp³-hybridized carbons (Fsp3) is 0.391. The number of sulfone groups is 1. The third-order valence-electron chi connectivity index (χ3n) is 6.85. The van der Waals surface area contributed by atoms with Gasteiger partial charge in [-0.05, 0) is 34.1 Å². The van der Waals surface area contributed by atoms with Crippen molar-refractivity contribution in [2.45, 2.75) is 17.6 Å². The first-order valence-corrected chi connectivity index (χ1v) is 12.1. The summed E-state index contributed by atoms with van der Waals surface area (Å²) in [5.74, 6) is -2.00. The van der Waals surface area contributed by atoms with Gasteiger partial charge in [0.2, 0.25) is 0 Å². The second-order valence-electron chi connectivity index (χ2n) is 8.60. The van der Waals surface area contributed by atoms with Crippen molar-refractivity contribution in [2.24, 2.45) is 11.8 Å². The fourth-order valence-electron chi connectivity index (χ4n) is 5.45. The Balaban J connectivity index is 1.30. The van der Waals surface area contributed by atoms with Crippen molar-refractivity contribution in [1.82, 2.24) is 4.90 Å². The van der Waals surface area contributed by atoms with Crippen molar-refractivity contribution in [1.29, 1.82) is 0 Å². The summed E-state index contributed by atoms with van der Waals surface area (Å²) in [6.45, 7) is 0.461. The summed E-state index contributed by atoms with van der Waals surface area (Å²) < 4.78 is 30.6. The number of ether oxygens (including phenoxy) is 1. The molecule has 2 fully saturated rings. The van der Waals surface area contributed by atoms with Crippen LogP contribution in [0.3, 0.4) is 0 Å². The highest BCUT2D eigenvalue weighted by Gasteiger charge is 2.53. The van der Waals surface area contributed by atoms with Crippen LogP contribution in [0.1, 0.15) is 23.5 Å². The van der Waals surface area contributed by atoms with Crippen LogP contribution in [0.4, 0.5) is 4.79 Å². The van der Waals surface area contributed by atoms with Gasteiger partial charge in [-0.3, -0.25) is 4.79 Å². The molecule has 2 aliphatic heterocycles. The molecule has 2 saturated heterocycles. The van der Waals surface area contributed by atoms with E-state index < -0.39 is 33.1 Å². The second-order valence-corrected chi connectivity index (χ2v) is 10.9. The van der Waals surface area contributed by atoms with Crippen LogP contribution in [-0.2, 0) is 19.4 Å². The molecule has 0 spiro atoms. The second kappa shape index (κ2) is 7.37. The van der Waals surface area contributed by atoms with Gasteiger partial charge in [-0.15, -0.1) is 0 Å². The number of benzene rings is 2. The number of aliphatic carboxylic acids is 1. The number of likely N-dealkylation sites (tertiary alicyclic amines) is 1. The van der Waals surface area contributed by atoms with Crippen molar-refractivity contribution in [3.63, 3.8) is 0 Å². The Kier molecular flexibility index (Phi) is 4.77. The van der Waals surface area contributed by atoms with E-state index in [0.717, 1.165) is 22.3 Å². The van der Waals surface area contributed by atoms with Crippen LogP contribution in [0.5, 0.6) is 0 Å². The number of carbonyl (C=O) groups is 2. The predicted octanol–water partition coefficient (Wildman–Crippen LogP) is 2.76. The van der Waals surface area contributed by atoms with E-state index in [1.54, 1.807) is 0 Å². The molecule has 162 valence electrons. The molecule has 2 aromatic carbocycles. The highest BCUT2D eigenvalue weighted by atomic mass is 32.2. The maximum absolute atomic E-state index is 12.8. The number of amides is 1. The van der Waals surface area contributed by atoms with Crippen LogP contribution in [0.2, 0.25) is 0 Å². The van der Waals surface area contributed by atoms with Crippen LogP contribution in [0.15, 0.2) is 48.5 Å². The number of hydrogen-bond acceptors (Lipinski definition) is 5. The van der Waals surface area contributed by atoms with Gasteiger partial charge in [0.15, 0.2) is 9.84 Å². The van der Waals surface area contributed by atoms with Crippen molar-refractivity contribution in [3.8, 4) is 11.1 Å². The molecule has 2 aromatic rings. The average Bonchev–Trinajstić information content (AvgIpc) is 3.38. The minimum absolute atomic E-state index is 0.0676. The quantitative estimate of drug-likeness (QED) is 0.783. The molecule has 2 heterocycles. The van der Waals surface area contributed by atoms with Crippen molar-refractivity contribution in [2.75, 3.05) is 25.4 Å². The number of nitrogens with zero attached hydrogens (tertiary/aromatic N) is 1.